The number of carbonyl (C=O) groups is 1. The molecule has 1 aromatic carbocycles. The molecule has 1 unspecified atom stereocenters. The summed E-state index contributed by atoms with van der Waals surface area (Å²) in [6, 6.07) is 9.12. The summed E-state index contributed by atoms with van der Waals surface area (Å²) in [7, 11) is 0. The molecule has 0 spiro atoms. The van der Waals surface area contributed by atoms with Crippen LogP contribution in [0, 0.1) is 0 Å². The third kappa shape index (κ3) is 3.85. The number of hydrogen-bond donors (Lipinski definition) is 1. The summed E-state index contributed by atoms with van der Waals surface area (Å²) in [6.45, 7) is 2.83. The lowest BCUT2D eigenvalue weighted by Gasteiger charge is -2.25. The lowest BCUT2D eigenvalue weighted by molar-refractivity contribution is -0.132. The normalized spacial score (nSPS) is 22.5. The summed E-state index contributed by atoms with van der Waals surface area (Å²) in [4.78, 5) is 14.6. The van der Waals surface area contributed by atoms with Crippen LogP contribution in [0.3, 0.4) is 0 Å². The van der Waals surface area contributed by atoms with Gasteiger partial charge in [0.05, 0.1) is 0 Å². The smallest absolute Gasteiger partial charge is 0.222 e. The molecule has 1 N–H and O–H groups in total. The molecule has 1 atom stereocenters. The molecule has 114 valence electrons. The fourth-order valence-corrected chi connectivity index (χ4v) is 3.54. The Morgan fingerprint density at radius 1 is 1.19 bits per heavy atom. The molecule has 3 rings (SSSR count). The van der Waals surface area contributed by atoms with Gasteiger partial charge in [-0.15, -0.1) is 0 Å². The Bertz CT molecular complexity index is 480. The van der Waals surface area contributed by atoms with Crippen molar-refractivity contribution in [1.82, 2.24) is 10.2 Å². The molecule has 0 aliphatic carbocycles. The van der Waals surface area contributed by atoms with E-state index in [0.717, 1.165) is 38.9 Å². The highest BCUT2D eigenvalue weighted by Gasteiger charge is 2.20. The van der Waals surface area contributed by atoms with Gasteiger partial charge in [-0.05, 0) is 49.8 Å². The average molecular weight is 286 g/mol. The molecule has 21 heavy (non-hydrogen) atoms. The van der Waals surface area contributed by atoms with Crippen molar-refractivity contribution in [1.29, 1.82) is 0 Å². The van der Waals surface area contributed by atoms with Gasteiger partial charge in [0.25, 0.3) is 0 Å². The van der Waals surface area contributed by atoms with Crippen LogP contribution in [0.15, 0.2) is 24.3 Å². The van der Waals surface area contributed by atoms with E-state index < -0.39 is 0 Å². The second kappa shape index (κ2) is 7.08. The maximum Gasteiger partial charge on any atom is 0.222 e. The van der Waals surface area contributed by atoms with Crippen molar-refractivity contribution in [3.05, 3.63) is 35.4 Å². The lowest BCUT2D eigenvalue weighted by Crippen LogP contribution is -2.36. The predicted molar refractivity (Wildman–Crippen MR) is 85.1 cm³/mol. The standard InChI is InChI=1S/C18H26N2O/c21-18(11-10-17-9-3-4-12-19-17)20-13-5-8-15-6-1-2-7-16(15)14-20/h1-2,6-7,17,19H,3-5,8-14H2. The molecule has 0 radical (unpaired) electrons. The van der Waals surface area contributed by atoms with Crippen LogP contribution in [0.25, 0.3) is 0 Å². The van der Waals surface area contributed by atoms with E-state index in [1.165, 1.54) is 30.4 Å². The van der Waals surface area contributed by atoms with E-state index in [1.54, 1.807) is 0 Å². The number of hydrogen-bond acceptors (Lipinski definition) is 2. The van der Waals surface area contributed by atoms with Gasteiger partial charge in [-0.25, -0.2) is 0 Å². The number of carbonyl (C=O) groups excluding carboxylic acids is 1. The van der Waals surface area contributed by atoms with Gasteiger partial charge in [-0.3, -0.25) is 4.79 Å². The van der Waals surface area contributed by atoms with Crippen molar-refractivity contribution in [3.63, 3.8) is 0 Å². The molecule has 3 nitrogen and oxygen atoms in total. The van der Waals surface area contributed by atoms with Gasteiger partial charge in [0, 0.05) is 25.6 Å². The Morgan fingerprint density at radius 2 is 2.05 bits per heavy atom. The molecule has 2 aliphatic rings. The van der Waals surface area contributed by atoms with Crippen LogP contribution in [0.4, 0.5) is 0 Å². The molecule has 2 aliphatic heterocycles. The highest BCUT2D eigenvalue weighted by Crippen LogP contribution is 2.20. The topological polar surface area (TPSA) is 32.3 Å². The first-order chi connectivity index (χ1) is 10.3. The molecule has 1 aromatic rings. The first-order valence-electron chi connectivity index (χ1n) is 8.41. The van der Waals surface area contributed by atoms with Crippen molar-refractivity contribution >= 4 is 5.91 Å². The van der Waals surface area contributed by atoms with Crippen molar-refractivity contribution in [3.8, 4) is 0 Å². The molecular formula is C18H26N2O. The summed E-state index contributed by atoms with van der Waals surface area (Å²) < 4.78 is 0. The van der Waals surface area contributed by atoms with Crippen LogP contribution in [0.1, 0.15) is 49.7 Å². The van der Waals surface area contributed by atoms with E-state index in [2.05, 4.69) is 34.5 Å². The monoisotopic (exact) mass is 286 g/mol. The fourth-order valence-electron chi connectivity index (χ4n) is 3.54. The Balaban J connectivity index is 1.55. The third-order valence-corrected chi connectivity index (χ3v) is 4.83. The van der Waals surface area contributed by atoms with Gasteiger partial charge in [0.15, 0.2) is 0 Å². The van der Waals surface area contributed by atoms with Gasteiger partial charge in [-0.1, -0.05) is 30.7 Å². The Morgan fingerprint density at radius 3 is 2.86 bits per heavy atom. The summed E-state index contributed by atoms with van der Waals surface area (Å²) in [6.07, 6.45) is 7.71. The number of amides is 1. The maximum atomic E-state index is 12.5. The van der Waals surface area contributed by atoms with Gasteiger partial charge < -0.3 is 10.2 Å². The number of nitrogens with one attached hydrogen (secondary N) is 1. The van der Waals surface area contributed by atoms with Crippen LogP contribution < -0.4 is 5.32 Å². The predicted octanol–water partition coefficient (Wildman–Crippen LogP) is 2.88. The number of rotatable bonds is 3. The largest absolute Gasteiger partial charge is 0.338 e. The van der Waals surface area contributed by atoms with E-state index in [1.807, 2.05) is 0 Å². The molecule has 1 amide bonds. The molecular weight excluding hydrogens is 260 g/mol. The first kappa shape index (κ1) is 14.6. The first-order valence-corrected chi connectivity index (χ1v) is 8.41. The van der Waals surface area contributed by atoms with Gasteiger partial charge in [0.2, 0.25) is 5.91 Å². The summed E-state index contributed by atoms with van der Waals surface area (Å²) in [5.41, 5.74) is 2.75. The van der Waals surface area contributed by atoms with Crippen LogP contribution in [0.5, 0.6) is 0 Å². The summed E-state index contributed by atoms with van der Waals surface area (Å²) >= 11 is 0. The SMILES string of the molecule is O=C(CCC1CCCCN1)N1CCCc2ccccc2C1. The number of benzene rings is 1. The van der Waals surface area contributed by atoms with E-state index >= 15 is 0 Å². The second-order valence-electron chi connectivity index (χ2n) is 6.37. The van der Waals surface area contributed by atoms with Crippen molar-refractivity contribution in [2.75, 3.05) is 13.1 Å². The van der Waals surface area contributed by atoms with Crippen molar-refractivity contribution < 1.29 is 4.79 Å². The quantitative estimate of drug-likeness (QED) is 0.926. The lowest BCUT2D eigenvalue weighted by atomic mass is 10.0. The molecule has 1 fully saturated rings. The third-order valence-electron chi connectivity index (χ3n) is 4.83. The molecule has 1 saturated heterocycles. The minimum Gasteiger partial charge on any atom is -0.338 e. The summed E-state index contributed by atoms with van der Waals surface area (Å²) in [5.74, 6) is 0.332. The zero-order chi connectivity index (χ0) is 14.5. The highest BCUT2D eigenvalue weighted by molar-refractivity contribution is 5.76. The van der Waals surface area contributed by atoms with Crippen LogP contribution >= 0.6 is 0 Å². The average Bonchev–Trinajstić information content (AvgIpc) is 2.76. The molecule has 0 aromatic heterocycles. The Hall–Kier alpha value is -1.35. The van der Waals surface area contributed by atoms with Gasteiger partial charge in [0.1, 0.15) is 0 Å². The Kier molecular flexibility index (Phi) is 4.91. The Labute approximate surface area is 127 Å². The zero-order valence-corrected chi connectivity index (χ0v) is 12.8. The van der Waals surface area contributed by atoms with E-state index in [-0.39, 0.29) is 0 Å². The van der Waals surface area contributed by atoms with E-state index in [9.17, 15) is 4.79 Å². The molecule has 0 saturated carbocycles. The van der Waals surface area contributed by atoms with Crippen LogP contribution in [0.2, 0.25) is 0 Å². The number of fused-ring (bicyclic) bond motifs is 1. The van der Waals surface area contributed by atoms with E-state index in [4.69, 9.17) is 0 Å². The van der Waals surface area contributed by atoms with Crippen molar-refractivity contribution in [2.24, 2.45) is 0 Å². The van der Waals surface area contributed by atoms with Crippen LogP contribution in [-0.2, 0) is 17.8 Å². The summed E-state index contributed by atoms with van der Waals surface area (Å²) in [5, 5.41) is 3.53. The van der Waals surface area contributed by atoms with Crippen LogP contribution in [-0.4, -0.2) is 29.9 Å². The number of nitrogens with zero attached hydrogens (tertiary/aromatic N) is 1. The number of piperidine rings is 1. The molecule has 2 heterocycles. The van der Waals surface area contributed by atoms with Gasteiger partial charge >= 0.3 is 0 Å². The minimum absolute atomic E-state index is 0.332. The van der Waals surface area contributed by atoms with Gasteiger partial charge in [-0.2, -0.15) is 0 Å². The van der Waals surface area contributed by atoms with E-state index in [0.29, 0.717) is 18.4 Å². The second-order valence-corrected chi connectivity index (χ2v) is 6.37. The zero-order valence-electron chi connectivity index (χ0n) is 12.8. The van der Waals surface area contributed by atoms with Crippen molar-refractivity contribution in [2.45, 2.75) is 57.5 Å². The molecule has 3 heteroatoms. The fraction of sp³-hybridized carbons (Fsp3) is 0.611. The molecule has 0 bridgehead atoms. The highest BCUT2D eigenvalue weighted by atomic mass is 16.2. The minimum atomic E-state index is 0.332. The maximum absolute atomic E-state index is 12.5. The number of aryl methyl sites for hydroxylation is 1.